The van der Waals surface area contributed by atoms with Gasteiger partial charge in [0.2, 0.25) is 0 Å². The van der Waals surface area contributed by atoms with E-state index in [1.165, 1.54) is 25.0 Å². The number of carbonyl (C=O) groups excluding carboxylic acids is 1. The fourth-order valence-corrected chi connectivity index (χ4v) is 7.21. The standard InChI is InChI=1S/C28H27F5O2/c1-15-23(29)12-17(13-24(15)30)21-14-26(2)22(7-8-27(26,35)9-10-28(31,32)33)20-5-3-16-11-18(34)4-6-19(16)25(20)21/h11-13,20-22,35H,3-8,14H2,1-2H3/t20-,21+,22-,26-,27+/m0/s1. The van der Waals surface area contributed by atoms with Crippen LogP contribution in [0.1, 0.15) is 68.9 Å². The summed E-state index contributed by atoms with van der Waals surface area (Å²) < 4.78 is 68.2. The highest BCUT2D eigenvalue weighted by atomic mass is 19.4. The van der Waals surface area contributed by atoms with Gasteiger partial charge in [0.05, 0.1) is 0 Å². The van der Waals surface area contributed by atoms with Crippen molar-refractivity contribution in [3.05, 3.63) is 57.7 Å². The molecule has 0 heterocycles. The Hall–Kier alpha value is -2.46. The van der Waals surface area contributed by atoms with Crippen LogP contribution in [-0.4, -0.2) is 22.7 Å². The van der Waals surface area contributed by atoms with Gasteiger partial charge in [-0.25, -0.2) is 8.78 Å². The van der Waals surface area contributed by atoms with E-state index < -0.39 is 34.7 Å². The second-order valence-corrected chi connectivity index (χ2v) is 10.8. The Morgan fingerprint density at radius 1 is 1.09 bits per heavy atom. The summed E-state index contributed by atoms with van der Waals surface area (Å²) in [5, 5.41) is 11.5. The maximum Gasteiger partial charge on any atom is 0.457 e. The Bertz CT molecular complexity index is 1210. The van der Waals surface area contributed by atoms with Crippen molar-refractivity contribution in [3.8, 4) is 11.8 Å². The minimum atomic E-state index is -4.73. The van der Waals surface area contributed by atoms with E-state index >= 15 is 0 Å². The van der Waals surface area contributed by atoms with Crippen LogP contribution in [0.25, 0.3) is 0 Å². The van der Waals surface area contributed by atoms with Crippen LogP contribution >= 0.6 is 0 Å². The second-order valence-electron chi connectivity index (χ2n) is 10.8. The molecule has 1 N–H and O–H groups in total. The van der Waals surface area contributed by atoms with Crippen LogP contribution in [0.15, 0.2) is 34.9 Å². The second kappa shape index (κ2) is 8.03. The molecule has 186 valence electrons. The van der Waals surface area contributed by atoms with E-state index in [2.05, 4.69) is 5.92 Å². The van der Waals surface area contributed by atoms with Crippen LogP contribution in [0.4, 0.5) is 22.0 Å². The molecule has 0 aliphatic heterocycles. The fourth-order valence-electron chi connectivity index (χ4n) is 7.21. The normalized spacial score (nSPS) is 34.5. The quantitative estimate of drug-likeness (QED) is 0.362. The van der Waals surface area contributed by atoms with Gasteiger partial charge in [0.1, 0.15) is 17.2 Å². The Morgan fingerprint density at radius 3 is 2.43 bits per heavy atom. The lowest BCUT2D eigenvalue weighted by atomic mass is 9.51. The summed E-state index contributed by atoms with van der Waals surface area (Å²) >= 11 is 0. The average molecular weight is 491 g/mol. The van der Waals surface area contributed by atoms with Gasteiger partial charge < -0.3 is 5.11 Å². The molecular formula is C28H27F5O2. The molecule has 1 aromatic carbocycles. The van der Waals surface area contributed by atoms with Gasteiger partial charge in [-0.3, -0.25) is 4.79 Å². The van der Waals surface area contributed by atoms with E-state index in [1.54, 1.807) is 13.0 Å². The molecule has 4 aliphatic rings. The number of hydrogen-bond acceptors (Lipinski definition) is 2. The number of rotatable bonds is 1. The van der Waals surface area contributed by atoms with Crippen molar-refractivity contribution in [2.75, 3.05) is 0 Å². The molecule has 1 aromatic rings. The zero-order valence-electron chi connectivity index (χ0n) is 19.7. The third-order valence-corrected chi connectivity index (χ3v) is 9.00. The predicted molar refractivity (Wildman–Crippen MR) is 120 cm³/mol. The SMILES string of the molecule is Cc1c(F)cc([C@H]2C[C@@]3(C)[C@@H](CC[C@@]3(O)C#CC(F)(F)F)[C@@H]3CCC4=CC(=O)CCC4=C32)cc1F. The first kappa shape index (κ1) is 24.2. The number of ketones is 1. The van der Waals surface area contributed by atoms with E-state index in [0.717, 1.165) is 16.7 Å². The number of aliphatic hydroxyl groups is 1. The summed E-state index contributed by atoms with van der Waals surface area (Å²) in [6, 6.07) is 2.61. The first-order valence-corrected chi connectivity index (χ1v) is 12.1. The lowest BCUT2D eigenvalue weighted by Gasteiger charge is -2.53. The summed E-state index contributed by atoms with van der Waals surface area (Å²) in [6.45, 7) is 3.13. The highest BCUT2D eigenvalue weighted by molar-refractivity contribution is 5.93. The topological polar surface area (TPSA) is 37.3 Å². The van der Waals surface area contributed by atoms with Crippen molar-refractivity contribution in [1.29, 1.82) is 0 Å². The maximum absolute atomic E-state index is 14.7. The molecular weight excluding hydrogens is 463 g/mol. The van der Waals surface area contributed by atoms with Crippen molar-refractivity contribution >= 4 is 5.78 Å². The minimum Gasteiger partial charge on any atom is -0.377 e. The molecule has 2 nitrogen and oxygen atoms in total. The van der Waals surface area contributed by atoms with Crippen LogP contribution in [0.3, 0.4) is 0 Å². The number of fused-ring (bicyclic) bond motifs is 4. The number of alkyl halides is 3. The lowest BCUT2D eigenvalue weighted by Crippen LogP contribution is -2.51. The van der Waals surface area contributed by atoms with E-state index in [0.29, 0.717) is 37.7 Å². The van der Waals surface area contributed by atoms with Gasteiger partial charge in [-0.2, -0.15) is 13.2 Å². The van der Waals surface area contributed by atoms with Gasteiger partial charge in [0.15, 0.2) is 5.78 Å². The molecule has 5 atom stereocenters. The molecule has 2 fully saturated rings. The number of halogens is 5. The molecule has 4 aliphatic carbocycles. The molecule has 0 radical (unpaired) electrons. The average Bonchev–Trinajstić information content (AvgIpc) is 3.05. The van der Waals surface area contributed by atoms with Crippen LogP contribution < -0.4 is 0 Å². The molecule has 5 rings (SSSR count). The van der Waals surface area contributed by atoms with Crippen molar-refractivity contribution in [3.63, 3.8) is 0 Å². The summed E-state index contributed by atoms with van der Waals surface area (Å²) in [5.74, 6) is 1.47. The van der Waals surface area contributed by atoms with E-state index in [4.69, 9.17) is 0 Å². The van der Waals surface area contributed by atoms with Gasteiger partial charge in [0, 0.05) is 29.2 Å². The van der Waals surface area contributed by atoms with Crippen LogP contribution in [0.2, 0.25) is 0 Å². The van der Waals surface area contributed by atoms with E-state index in [9.17, 15) is 31.9 Å². The summed E-state index contributed by atoms with van der Waals surface area (Å²) in [7, 11) is 0. The van der Waals surface area contributed by atoms with Crippen molar-refractivity contribution in [2.45, 2.75) is 76.5 Å². The molecule has 35 heavy (non-hydrogen) atoms. The van der Waals surface area contributed by atoms with Crippen molar-refractivity contribution < 1.29 is 31.9 Å². The van der Waals surface area contributed by atoms with Gasteiger partial charge in [-0.05, 0) is 92.2 Å². The zero-order chi connectivity index (χ0) is 25.3. The van der Waals surface area contributed by atoms with Gasteiger partial charge >= 0.3 is 6.18 Å². The first-order valence-electron chi connectivity index (χ1n) is 12.1. The third kappa shape index (κ3) is 3.85. The smallest absolute Gasteiger partial charge is 0.377 e. The first-order chi connectivity index (χ1) is 16.3. The van der Waals surface area contributed by atoms with E-state index in [-0.39, 0.29) is 36.0 Å². The van der Waals surface area contributed by atoms with Crippen molar-refractivity contribution in [2.24, 2.45) is 17.3 Å². The zero-order valence-corrected chi connectivity index (χ0v) is 19.7. The van der Waals surface area contributed by atoms with Gasteiger partial charge in [-0.15, -0.1) is 0 Å². The molecule has 0 spiro atoms. The fraction of sp³-hybridized carbons (Fsp3) is 0.536. The van der Waals surface area contributed by atoms with Crippen molar-refractivity contribution in [1.82, 2.24) is 0 Å². The molecule has 7 heteroatoms. The van der Waals surface area contributed by atoms with Crippen LogP contribution in [0, 0.1) is 47.6 Å². The Morgan fingerprint density at radius 2 is 1.77 bits per heavy atom. The molecule has 0 aromatic heterocycles. The largest absolute Gasteiger partial charge is 0.457 e. The monoisotopic (exact) mass is 490 g/mol. The Kier molecular flexibility index (Phi) is 5.56. The van der Waals surface area contributed by atoms with Gasteiger partial charge in [0.25, 0.3) is 0 Å². The summed E-state index contributed by atoms with van der Waals surface area (Å²) in [6.07, 6.45) is 0.0397. The molecule has 0 saturated heterocycles. The number of allylic oxidation sites excluding steroid dienone is 4. The van der Waals surface area contributed by atoms with E-state index in [1.807, 2.05) is 0 Å². The molecule has 2 saturated carbocycles. The number of benzene rings is 1. The summed E-state index contributed by atoms with van der Waals surface area (Å²) in [5.41, 5.74) is 0.507. The summed E-state index contributed by atoms with van der Waals surface area (Å²) in [4.78, 5) is 12.1. The maximum atomic E-state index is 14.7. The highest BCUT2D eigenvalue weighted by Gasteiger charge is 2.62. The Balaban J connectivity index is 1.70. The van der Waals surface area contributed by atoms with Crippen LogP contribution in [0.5, 0.6) is 0 Å². The highest BCUT2D eigenvalue weighted by Crippen LogP contribution is 2.66. The predicted octanol–water partition coefficient (Wildman–Crippen LogP) is 6.47. The number of carbonyl (C=O) groups is 1. The molecule has 0 amide bonds. The van der Waals surface area contributed by atoms with Crippen LogP contribution in [-0.2, 0) is 4.79 Å². The molecule has 0 bridgehead atoms. The number of hydrogen-bond donors (Lipinski definition) is 1. The third-order valence-electron chi connectivity index (χ3n) is 9.00. The lowest BCUT2D eigenvalue weighted by molar-refractivity contribution is -0.114. The Labute approximate surface area is 201 Å². The van der Waals surface area contributed by atoms with Gasteiger partial charge in [-0.1, -0.05) is 18.4 Å². The molecule has 0 unspecified atom stereocenters. The minimum absolute atomic E-state index is 0.0603.